The van der Waals surface area contributed by atoms with Gasteiger partial charge in [0.2, 0.25) is 5.91 Å². The quantitative estimate of drug-likeness (QED) is 0.607. The van der Waals surface area contributed by atoms with Gasteiger partial charge < -0.3 is 10.2 Å². The van der Waals surface area contributed by atoms with Crippen LogP contribution in [-0.4, -0.2) is 47.9 Å². The number of benzene rings is 2. The van der Waals surface area contributed by atoms with Crippen molar-refractivity contribution in [3.8, 4) is 0 Å². The summed E-state index contributed by atoms with van der Waals surface area (Å²) >= 11 is 1.60. The molecule has 0 bridgehead atoms. The first-order valence-electron chi connectivity index (χ1n) is 11.7. The van der Waals surface area contributed by atoms with Crippen molar-refractivity contribution in [2.24, 2.45) is 0 Å². The lowest BCUT2D eigenvalue weighted by Gasteiger charge is -2.36. The molecule has 5 nitrogen and oxygen atoms in total. The van der Waals surface area contributed by atoms with Crippen LogP contribution in [0.5, 0.6) is 0 Å². The van der Waals surface area contributed by atoms with Crippen LogP contribution >= 0.6 is 11.5 Å². The number of anilines is 2. The second-order valence-electron chi connectivity index (χ2n) is 9.72. The number of carbonyl (C=O) groups excluding carboxylic acids is 1. The topological polar surface area (TPSA) is 48.5 Å². The average molecular weight is 449 g/mol. The first-order chi connectivity index (χ1) is 15.4. The maximum atomic E-state index is 12.2. The van der Waals surface area contributed by atoms with E-state index in [1.54, 1.807) is 11.5 Å². The number of nitrogens with one attached hydrogen (secondary N) is 1. The molecule has 1 N–H and O–H groups in total. The maximum Gasteiger partial charge on any atom is 0.225 e. The van der Waals surface area contributed by atoms with Crippen molar-refractivity contribution >= 4 is 39.0 Å². The fraction of sp³-hybridized carbons (Fsp3) is 0.462. The van der Waals surface area contributed by atoms with Crippen LogP contribution in [0.2, 0.25) is 0 Å². The highest BCUT2D eigenvalue weighted by atomic mass is 32.1. The van der Waals surface area contributed by atoms with Gasteiger partial charge in [-0.25, -0.2) is 0 Å². The zero-order valence-electron chi connectivity index (χ0n) is 19.3. The van der Waals surface area contributed by atoms with Gasteiger partial charge in [0.05, 0.1) is 4.70 Å². The van der Waals surface area contributed by atoms with E-state index in [0.717, 1.165) is 57.1 Å². The second-order valence-corrected chi connectivity index (χ2v) is 10.5. The molecule has 2 aliphatic heterocycles. The Kier molecular flexibility index (Phi) is 5.68. The summed E-state index contributed by atoms with van der Waals surface area (Å²) in [6, 6.07) is 13.2. The first kappa shape index (κ1) is 21.4. The summed E-state index contributed by atoms with van der Waals surface area (Å²) in [5.41, 5.74) is 4.89. The predicted octanol–water partition coefficient (Wildman–Crippen LogP) is 4.84. The summed E-state index contributed by atoms with van der Waals surface area (Å²) in [6.45, 7) is 11.8. The molecule has 0 spiro atoms. The molecule has 1 saturated heterocycles. The van der Waals surface area contributed by atoms with Gasteiger partial charge in [-0.15, -0.1) is 0 Å². The molecule has 5 rings (SSSR count). The van der Waals surface area contributed by atoms with Crippen LogP contribution in [0.15, 0.2) is 36.4 Å². The first-order valence-corrected chi connectivity index (χ1v) is 12.5. The standard InChI is InChI=1S/C26H32N4OS/c1-4-19-15-18(16-21-24(19)27-23(31)17-26(21,2)3)9-10-29-11-13-30(14-12-29)25-20-7-5-6-8-22(20)32-28-25/h5-8,15-16H,4,9-14,17H2,1-3H3,(H,27,31). The van der Waals surface area contributed by atoms with Crippen LogP contribution in [0.4, 0.5) is 11.5 Å². The van der Waals surface area contributed by atoms with E-state index in [4.69, 9.17) is 4.37 Å². The molecular weight excluding hydrogens is 416 g/mol. The lowest BCUT2D eigenvalue weighted by molar-refractivity contribution is -0.117. The second kappa shape index (κ2) is 8.49. The number of carbonyl (C=O) groups is 1. The molecule has 0 radical (unpaired) electrons. The van der Waals surface area contributed by atoms with Crippen LogP contribution in [0, 0.1) is 0 Å². The van der Waals surface area contributed by atoms with E-state index in [-0.39, 0.29) is 11.3 Å². The van der Waals surface area contributed by atoms with Crippen LogP contribution in [0.1, 0.15) is 43.9 Å². The third-order valence-corrected chi connectivity index (χ3v) is 7.82. The molecule has 6 heteroatoms. The molecule has 0 aliphatic carbocycles. The molecule has 1 fully saturated rings. The van der Waals surface area contributed by atoms with Gasteiger partial charge in [0, 0.05) is 55.6 Å². The number of rotatable bonds is 5. The Morgan fingerprint density at radius 3 is 2.69 bits per heavy atom. The van der Waals surface area contributed by atoms with Gasteiger partial charge >= 0.3 is 0 Å². The fourth-order valence-electron chi connectivity index (χ4n) is 5.12. The fourth-order valence-corrected chi connectivity index (χ4v) is 5.92. The third kappa shape index (κ3) is 4.02. The van der Waals surface area contributed by atoms with Gasteiger partial charge in [-0.3, -0.25) is 9.69 Å². The average Bonchev–Trinajstić information content (AvgIpc) is 3.21. The smallest absolute Gasteiger partial charge is 0.225 e. The van der Waals surface area contributed by atoms with Gasteiger partial charge in [-0.2, -0.15) is 4.37 Å². The normalized spacial score (nSPS) is 18.6. The molecule has 1 aromatic heterocycles. The highest BCUT2D eigenvalue weighted by molar-refractivity contribution is 7.13. The van der Waals surface area contributed by atoms with Crippen molar-refractivity contribution in [3.05, 3.63) is 53.1 Å². The Morgan fingerprint density at radius 2 is 1.91 bits per heavy atom. The number of piperazine rings is 1. The number of hydrogen-bond donors (Lipinski definition) is 1. The van der Waals surface area contributed by atoms with E-state index in [0.29, 0.717) is 6.42 Å². The minimum Gasteiger partial charge on any atom is -0.353 e. The van der Waals surface area contributed by atoms with Gasteiger partial charge in [0.25, 0.3) is 0 Å². The Hall–Kier alpha value is -2.44. The summed E-state index contributed by atoms with van der Waals surface area (Å²) in [7, 11) is 0. The minimum absolute atomic E-state index is 0.112. The van der Waals surface area contributed by atoms with E-state index < -0.39 is 0 Å². The zero-order valence-corrected chi connectivity index (χ0v) is 20.1. The molecule has 2 aliphatic rings. The summed E-state index contributed by atoms with van der Waals surface area (Å²) < 4.78 is 6.00. The molecule has 2 aromatic carbocycles. The molecule has 0 saturated carbocycles. The SMILES string of the molecule is CCc1cc(CCN2CCN(c3nsc4ccccc34)CC2)cc2c1NC(=O)CC2(C)C. The monoisotopic (exact) mass is 448 g/mol. The van der Waals surface area contributed by atoms with E-state index >= 15 is 0 Å². The Labute approximate surface area is 194 Å². The molecule has 3 aromatic rings. The highest BCUT2D eigenvalue weighted by Gasteiger charge is 2.33. The molecule has 3 heterocycles. The van der Waals surface area contributed by atoms with Crippen molar-refractivity contribution in [3.63, 3.8) is 0 Å². The molecule has 0 atom stereocenters. The lowest BCUT2D eigenvalue weighted by Crippen LogP contribution is -2.47. The number of nitrogens with zero attached hydrogens (tertiary/aromatic N) is 3. The van der Waals surface area contributed by atoms with E-state index in [2.05, 4.69) is 72.3 Å². The number of fused-ring (bicyclic) bond motifs is 2. The van der Waals surface area contributed by atoms with Crippen molar-refractivity contribution in [2.75, 3.05) is 42.9 Å². The number of hydrogen-bond acceptors (Lipinski definition) is 5. The molecular formula is C26H32N4OS. The van der Waals surface area contributed by atoms with Crippen molar-refractivity contribution in [2.45, 2.75) is 45.4 Å². The Morgan fingerprint density at radius 1 is 1.12 bits per heavy atom. The van der Waals surface area contributed by atoms with Crippen molar-refractivity contribution in [1.29, 1.82) is 0 Å². The number of amides is 1. The van der Waals surface area contributed by atoms with Gasteiger partial charge in [-0.1, -0.05) is 45.0 Å². The van der Waals surface area contributed by atoms with Crippen molar-refractivity contribution in [1.82, 2.24) is 9.27 Å². The van der Waals surface area contributed by atoms with Crippen LogP contribution in [0.3, 0.4) is 0 Å². The summed E-state index contributed by atoms with van der Waals surface area (Å²) in [5.74, 6) is 1.28. The molecule has 168 valence electrons. The predicted molar refractivity (Wildman–Crippen MR) is 134 cm³/mol. The highest BCUT2D eigenvalue weighted by Crippen LogP contribution is 2.40. The van der Waals surface area contributed by atoms with E-state index in [9.17, 15) is 4.79 Å². The van der Waals surface area contributed by atoms with Gasteiger partial charge in [0.15, 0.2) is 0 Å². The zero-order chi connectivity index (χ0) is 22.3. The molecule has 0 unspecified atom stereocenters. The molecule has 1 amide bonds. The lowest BCUT2D eigenvalue weighted by atomic mass is 9.76. The maximum absolute atomic E-state index is 12.2. The largest absolute Gasteiger partial charge is 0.353 e. The summed E-state index contributed by atoms with van der Waals surface area (Å²) in [4.78, 5) is 17.2. The van der Waals surface area contributed by atoms with Gasteiger partial charge in [-0.05, 0) is 53.2 Å². The third-order valence-electron chi connectivity index (χ3n) is 7.00. The van der Waals surface area contributed by atoms with Crippen LogP contribution < -0.4 is 10.2 Å². The molecule has 32 heavy (non-hydrogen) atoms. The van der Waals surface area contributed by atoms with E-state index in [1.165, 1.54) is 26.8 Å². The summed E-state index contributed by atoms with van der Waals surface area (Å²) in [6.07, 6.45) is 2.54. The summed E-state index contributed by atoms with van der Waals surface area (Å²) in [5, 5.41) is 4.42. The van der Waals surface area contributed by atoms with Crippen LogP contribution in [0.25, 0.3) is 10.1 Å². The number of aryl methyl sites for hydroxylation is 1. The Balaban J connectivity index is 1.25. The van der Waals surface area contributed by atoms with Gasteiger partial charge in [0.1, 0.15) is 5.82 Å². The van der Waals surface area contributed by atoms with Crippen LogP contribution in [-0.2, 0) is 23.1 Å². The Bertz CT molecular complexity index is 1140. The van der Waals surface area contributed by atoms with E-state index in [1.807, 2.05) is 0 Å². The minimum atomic E-state index is -0.112. The number of aromatic nitrogens is 1. The van der Waals surface area contributed by atoms with Crippen molar-refractivity contribution < 1.29 is 4.79 Å².